The van der Waals surface area contributed by atoms with Crippen LogP contribution in [-0.4, -0.2) is 7.11 Å². The molecule has 0 unspecified atom stereocenters. The van der Waals surface area contributed by atoms with Crippen LogP contribution in [0.5, 0.6) is 5.75 Å². The van der Waals surface area contributed by atoms with E-state index in [2.05, 4.69) is 53.2 Å². The Bertz CT molecular complexity index is 523. The van der Waals surface area contributed by atoms with E-state index in [-0.39, 0.29) is 0 Å². The summed E-state index contributed by atoms with van der Waals surface area (Å²) in [4.78, 5) is 1.28. The van der Waals surface area contributed by atoms with E-state index in [1.165, 1.54) is 16.0 Å². The fourth-order valence-corrected chi connectivity index (χ4v) is 3.18. The molecule has 18 heavy (non-hydrogen) atoms. The molecule has 0 bridgehead atoms. The maximum absolute atomic E-state index is 5.15. The van der Waals surface area contributed by atoms with E-state index in [0.29, 0.717) is 0 Å². The minimum absolute atomic E-state index is 0.903. The van der Waals surface area contributed by atoms with Crippen molar-refractivity contribution in [1.29, 1.82) is 0 Å². The summed E-state index contributed by atoms with van der Waals surface area (Å²) in [6.45, 7) is 2.11. The number of benzene rings is 2. The molecular formula is C15H15BrOS. The van der Waals surface area contributed by atoms with Crippen LogP contribution >= 0.6 is 27.7 Å². The summed E-state index contributed by atoms with van der Waals surface area (Å²) in [6.07, 6.45) is 0. The smallest absolute Gasteiger partial charge is 0.118 e. The number of halogens is 1. The van der Waals surface area contributed by atoms with Gasteiger partial charge in [-0.1, -0.05) is 18.2 Å². The Morgan fingerprint density at radius 1 is 1.11 bits per heavy atom. The molecule has 0 atom stereocenters. The quantitative estimate of drug-likeness (QED) is 0.728. The summed E-state index contributed by atoms with van der Waals surface area (Å²) in [5, 5.41) is 0. The zero-order valence-corrected chi connectivity index (χ0v) is 12.8. The average Bonchev–Trinajstić information content (AvgIpc) is 2.40. The predicted octanol–water partition coefficient (Wildman–Crippen LogP) is 5.06. The van der Waals surface area contributed by atoms with Crippen LogP contribution in [0.25, 0.3) is 0 Å². The van der Waals surface area contributed by atoms with Crippen molar-refractivity contribution in [2.45, 2.75) is 17.6 Å². The SMILES string of the molecule is COc1ccc(CSc2cc(C)ccc2Br)cc1. The molecule has 0 aliphatic heterocycles. The third kappa shape index (κ3) is 3.53. The first kappa shape index (κ1) is 13.5. The molecule has 0 saturated heterocycles. The van der Waals surface area contributed by atoms with E-state index >= 15 is 0 Å². The van der Waals surface area contributed by atoms with Crippen molar-refractivity contribution in [2.24, 2.45) is 0 Å². The largest absolute Gasteiger partial charge is 0.497 e. The zero-order valence-electron chi connectivity index (χ0n) is 10.4. The van der Waals surface area contributed by atoms with Gasteiger partial charge in [0, 0.05) is 15.1 Å². The minimum Gasteiger partial charge on any atom is -0.497 e. The van der Waals surface area contributed by atoms with Crippen molar-refractivity contribution in [2.75, 3.05) is 7.11 Å². The van der Waals surface area contributed by atoms with E-state index < -0.39 is 0 Å². The second kappa shape index (κ2) is 6.30. The van der Waals surface area contributed by atoms with Gasteiger partial charge < -0.3 is 4.74 Å². The third-order valence-corrected chi connectivity index (χ3v) is 4.72. The van der Waals surface area contributed by atoms with Crippen molar-refractivity contribution in [3.63, 3.8) is 0 Å². The molecule has 0 N–H and O–H groups in total. The van der Waals surface area contributed by atoms with Gasteiger partial charge in [0.1, 0.15) is 5.75 Å². The molecule has 0 heterocycles. The van der Waals surface area contributed by atoms with Crippen molar-refractivity contribution >= 4 is 27.7 Å². The van der Waals surface area contributed by atoms with Gasteiger partial charge >= 0.3 is 0 Å². The topological polar surface area (TPSA) is 9.23 Å². The monoisotopic (exact) mass is 322 g/mol. The van der Waals surface area contributed by atoms with Crippen LogP contribution in [-0.2, 0) is 5.75 Å². The van der Waals surface area contributed by atoms with Crippen LogP contribution in [0.15, 0.2) is 51.8 Å². The molecule has 94 valence electrons. The Morgan fingerprint density at radius 2 is 1.83 bits per heavy atom. The molecule has 0 radical (unpaired) electrons. The summed E-state index contributed by atoms with van der Waals surface area (Å²) in [6, 6.07) is 14.6. The van der Waals surface area contributed by atoms with E-state index in [1.54, 1.807) is 7.11 Å². The normalized spacial score (nSPS) is 10.4. The first-order valence-electron chi connectivity index (χ1n) is 5.71. The number of methoxy groups -OCH3 is 1. The second-order valence-corrected chi connectivity index (χ2v) is 5.94. The molecule has 0 amide bonds. The van der Waals surface area contributed by atoms with Gasteiger partial charge in [0.2, 0.25) is 0 Å². The number of aryl methyl sites for hydroxylation is 1. The maximum atomic E-state index is 5.15. The highest BCUT2D eigenvalue weighted by Gasteiger charge is 2.02. The molecule has 0 aliphatic carbocycles. The molecule has 3 heteroatoms. The molecule has 2 aromatic carbocycles. The Labute approximate surface area is 121 Å². The Kier molecular flexibility index (Phi) is 4.72. The lowest BCUT2D eigenvalue weighted by atomic mass is 10.2. The highest BCUT2D eigenvalue weighted by molar-refractivity contribution is 9.10. The summed E-state index contributed by atoms with van der Waals surface area (Å²) in [7, 11) is 1.69. The van der Waals surface area contributed by atoms with E-state index in [4.69, 9.17) is 4.74 Å². The molecule has 1 nitrogen and oxygen atoms in total. The van der Waals surface area contributed by atoms with Gasteiger partial charge in [0.15, 0.2) is 0 Å². The van der Waals surface area contributed by atoms with Crippen LogP contribution in [0.2, 0.25) is 0 Å². The molecular weight excluding hydrogens is 308 g/mol. The molecule has 0 aliphatic rings. The number of hydrogen-bond acceptors (Lipinski definition) is 2. The first-order chi connectivity index (χ1) is 8.69. The zero-order chi connectivity index (χ0) is 13.0. The van der Waals surface area contributed by atoms with Crippen molar-refractivity contribution < 1.29 is 4.74 Å². The van der Waals surface area contributed by atoms with Gasteiger partial charge in [-0.3, -0.25) is 0 Å². The third-order valence-electron chi connectivity index (χ3n) is 2.64. The van der Waals surface area contributed by atoms with Crippen LogP contribution in [0.3, 0.4) is 0 Å². The fourth-order valence-electron chi connectivity index (χ4n) is 1.60. The van der Waals surface area contributed by atoms with Gasteiger partial charge in [0.05, 0.1) is 7.11 Å². The number of hydrogen-bond donors (Lipinski definition) is 0. The van der Waals surface area contributed by atoms with Gasteiger partial charge in [-0.25, -0.2) is 0 Å². The Hall–Kier alpha value is -0.930. The van der Waals surface area contributed by atoms with E-state index in [9.17, 15) is 0 Å². The van der Waals surface area contributed by atoms with Gasteiger partial charge in [-0.05, 0) is 58.2 Å². The van der Waals surface area contributed by atoms with Crippen LogP contribution < -0.4 is 4.74 Å². The molecule has 2 aromatic rings. The average molecular weight is 323 g/mol. The van der Waals surface area contributed by atoms with Crippen LogP contribution in [0.1, 0.15) is 11.1 Å². The lowest BCUT2D eigenvalue weighted by Crippen LogP contribution is -1.85. The van der Waals surface area contributed by atoms with Crippen molar-refractivity contribution in [3.05, 3.63) is 58.1 Å². The molecule has 0 saturated carbocycles. The van der Waals surface area contributed by atoms with Crippen LogP contribution in [0, 0.1) is 6.92 Å². The standard InChI is InChI=1S/C15H15BrOS/c1-11-3-8-14(16)15(9-11)18-10-12-4-6-13(17-2)7-5-12/h3-9H,10H2,1-2H3. The van der Waals surface area contributed by atoms with E-state index in [0.717, 1.165) is 16.0 Å². The lowest BCUT2D eigenvalue weighted by Gasteiger charge is -2.06. The second-order valence-electron chi connectivity index (χ2n) is 4.07. The van der Waals surface area contributed by atoms with Crippen molar-refractivity contribution in [1.82, 2.24) is 0 Å². The summed E-state index contributed by atoms with van der Waals surface area (Å²) >= 11 is 5.43. The minimum atomic E-state index is 0.903. The highest BCUT2D eigenvalue weighted by atomic mass is 79.9. The number of rotatable bonds is 4. The Balaban J connectivity index is 2.04. The summed E-state index contributed by atoms with van der Waals surface area (Å²) in [5.74, 6) is 1.87. The molecule has 0 aromatic heterocycles. The summed E-state index contributed by atoms with van der Waals surface area (Å²) < 4.78 is 6.31. The number of ether oxygens (including phenoxy) is 1. The van der Waals surface area contributed by atoms with Gasteiger partial charge in [-0.2, -0.15) is 0 Å². The van der Waals surface area contributed by atoms with Gasteiger partial charge in [-0.15, -0.1) is 11.8 Å². The number of thioether (sulfide) groups is 1. The molecule has 2 rings (SSSR count). The van der Waals surface area contributed by atoms with Crippen molar-refractivity contribution in [3.8, 4) is 5.75 Å². The molecule has 0 spiro atoms. The highest BCUT2D eigenvalue weighted by Crippen LogP contribution is 2.31. The Morgan fingerprint density at radius 3 is 2.50 bits per heavy atom. The fraction of sp³-hybridized carbons (Fsp3) is 0.200. The van der Waals surface area contributed by atoms with Crippen LogP contribution in [0.4, 0.5) is 0 Å². The predicted molar refractivity (Wildman–Crippen MR) is 81.4 cm³/mol. The summed E-state index contributed by atoms with van der Waals surface area (Å²) in [5.41, 5.74) is 2.59. The molecule has 0 fully saturated rings. The lowest BCUT2D eigenvalue weighted by molar-refractivity contribution is 0.414. The first-order valence-corrected chi connectivity index (χ1v) is 7.49. The van der Waals surface area contributed by atoms with Gasteiger partial charge in [0.25, 0.3) is 0 Å². The maximum Gasteiger partial charge on any atom is 0.118 e. The van der Waals surface area contributed by atoms with E-state index in [1.807, 2.05) is 23.9 Å².